The first-order chi connectivity index (χ1) is 3.43. The van der Waals surface area contributed by atoms with Crippen LogP contribution in [-0.2, 0) is 26.8 Å². The average molecular weight is 298 g/mol. The number of hydrogen-bond acceptors (Lipinski definition) is 2. The van der Waals surface area contributed by atoms with Gasteiger partial charge < -0.3 is 4.37 Å². The van der Waals surface area contributed by atoms with Crippen molar-refractivity contribution in [3.05, 3.63) is 17.1 Å². The van der Waals surface area contributed by atoms with Crippen LogP contribution in [0.2, 0.25) is 0 Å². The summed E-state index contributed by atoms with van der Waals surface area (Å²) in [6.45, 7) is 2.10. The Morgan fingerprint density at radius 3 is 2.88 bits per heavy atom. The van der Waals surface area contributed by atoms with Gasteiger partial charge in [0.15, 0.2) is 0 Å². The van der Waals surface area contributed by atoms with Crippen molar-refractivity contribution >= 4 is 11.5 Å². The Morgan fingerprint density at radius 1 is 1.88 bits per heavy atom. The van der Waals surface area contributed by atoms with E-state index in [-0.39, 0.29) is 20.4 Å². The van der Waals surface area contributed by atoms with Gasteiger partial charge in [-0.05, 0) is 0 Å². The second-order valence-electron chi connectivity index (χ2n) is 1.31. The van der Waals surface area contributed by atoms with E-state index in [1.54, 1.807) is 0 Å². The van der Waals surface area contributed by atoms with E-state index in [2.05, 4.69) is 17.5 Å². The van der Waals surface area contributed by atoms with Gasteiger partial charge in [-0.1, -0.05) is 13.3 Å². The molecule has 0 fully saturated rings. The van der Waals surface area contributed by atoms with E-state index >= 15 is 0 Å². The molecule has 1 aromatic heterocycles. The third-order valence-corrected chi connectivity index (χ3v) is 1.40. The smallest absolute Gasteiger partial charge is 0 e. The van der Waals surface area contributed by atoms with Crippen molar-refractivity contribution in [3.63, 3.8) is 0 Å². The Morgan fingerprint density at radius 2 is 2.62 bits per heavy atom. The minimum absolute atomic E-state index is 0. The third kappa shape index (κ3) is 2.04. The molecule has 0 aliphatic rings. The number of rotatable bonds is 1. The molecular formula is C5H6NReS-. The molecule has 0 aliphatic heterocycles. The summed E-state index contributed by atoms with van der Waals surface area (Å²) in [7, 11) is 0. The maximum absolute atomic E-state index is 3.81. The molecule has 0 aliphatic carbocycles. The molecule has 1 aromatic rings. The molecule has 0 saturated carbocycles. The van der Waals surface area contributed by atoms with Gasteiger partial charge in [0.05, 0.1) is 0 Å². The van der Waals surface area contributed by atoms with Gasteiger partial charge in [-0.15, -0.1) is 11.6 Å². The van der Waals surface area contributed by atoms with Crippen LogP contribution in [0.15, 0.2) is 5.38 Å². The Labute approximate surface area is 66.9 Å². The molecule has 0 spiro atoms. The van der Waals surface area contributed by atoms with Crippen molar-refractivity contribution in [1.82, 2.24) is 4.37 Å². The average Bonchev–Trinajstić information content (AvgIpc) is 2.14. The van der Waals surface area contributed by atoms with Gasteiger partial charge in [-0.3, -0.25) is 0 Å². The molecule has 0 bridgehead atoms. The van der Waals surface area contributed by atoms with Crippen LogP contribution in [0.1, 0.15) is 12.5 Å². The van der Waals surface area contributed by atoms with Crippen molar-refractivity contribution < 1.29 is 20.4 Å². The first kappa shape index (κ1) is 8.29. The minimum Gasteiger partial charge on any atom is -0.325 e. The molecule has 0 N–H and O–H groups in total. The Hall–Kier alpha value is 0.292. The zero-order valence-electron chi connectivity index (χ0n) is 4.52. The summed E-state index contributed by atoms with van der Waals surface area (Å²) in [6, 6.07) is 0. The van der Waals surface area contributed by atoms with E-state index in [1.165, 1.54) is 17.1 Å². The number of nitrogens with zero attached hydrogens (tertiary/aromatic N) is 1. The summed E-state index contributed by atoms with van der Waals surface area (Å²) in [5, 5.41) is 2.01. The SMILES string of the molecule is CCc1[c-]nsc1.[Re]. The molecule has 8 heavy (non-hydrogen) atoms. The quantitative estimate of drug-likeness (QED) is 0.716. The van der Waals surface area contributed by atoms with Gasteiger partial charge in [-0.2, -0.15) is 17.1 Å². The van der Waals surface area contributed by atoms with Crippen molar-refractivity contribution in [2.24, 2.45) is 0 Å². The van der Waals surface area contributed by atoms with Crippen LogP contribution >= 0.6 is 11.5 Å². The van der Waals surface area contributed by atoms with Crippen LogP contribution in [0.5, 0.6) is 0 Å². The van der Waals surface area contributed by atoms with E-state index in [4.69, 9.17) is 0 Å². The molecule has 0 aromatic carbocycles. The number of aromatic nitrogens is 1. The van der Waals surface area contributed by atoms with Gasteiger partial charge in [0.25, 0.3) is 0 Å². The van der Waals surface area contributed by atoms with Gasteiger partial charge in [0.1, 0.15) is 0 Å². The summed E-state index contributed by atoms with van der Waals surface area (Å²) < 4.78 is 3.81. The summed E-state index contributed by atoms with van der Waals surface area (Å²) in [5.74, 6) is 0. The summed E-state index contributed by atoms with van der Waals surface area (Å²) >= 11 is 1.46. The molecule has 0 atom stereocenters. The molecule has 0 amide bonds. The molecule has 45 valence electrons. The third-order valence-electron chi connectivity index (χ3n) is 0.818. The van der Waals surface area contributed by atoms with Crippen molar-refractivity contribution in [1.29, 1.82) is 0 Å². The van der Waals surface area contributed by atoms with E-state index in [0.29, 0.717) is 0 Å². The predicted molar refractivity (Wildman–Crippen MR) is 30.3 cm³/mol. The van der Waals surface area contributed by atoms with E-state index in [1.807, 2.05) is 5.38 Å². The molecule has 0 saturated heterocycles. The van der Waals surface area contributed by atoms with Crippen LogP contribution in [0, 0.1) is 6.20 Å². The van der Waals surface area contributed by atoms with Crippen LogP contribution in [0.3, 0.4) is 0 Å². The molecule has 1 rings (SSSR count). The van der Waals surface area contributed by atoms with Crippen LogP contribution in [0.4, 0.5) is 0 Å². The van der Waals surface area contributed by atoms with E-state index < -0.39 is 0 Å². The number of hydrogen-bond donors (Lipinski definition) is 0. The van der Waals surface area contributed by atoms with Crippen molar-refractivity contribution in [2.45, 2.75) is 13.3 Å². The van der Waals surface area contributed by atoms with Crippen LogP contribution < -0.4 is 0 Å². The van der Waals surface area contributed by atoms with Gasteiger partial charge in [0, 0.05) is 20.4 Å². The summed E-state index contributed by atoms with van der Waals surface area (Å²) in [6.07, 6.45) is 3.91. The zero-order valence-corrected chi connectivity index (χ0v) is 8.05. The second kappa shape index (κ2) is 4.20. The zero-order chi connectivity index (χ0) is 5.11. The van der Waals surface area contributed by atoms with Gasteiger partial charge in [-0.25, -0.2) is 0 Å². The molecular weight excluding hydrogens is 292 g/mol. The van der Waals surface area contributed by atoms with Crippen molar-refractivity contribution in [2.75, 3.05) is 0 Å². The minimum atomic E-state index is 0. The topological polar surface area (TPSA) is 12.9 Å². The fourth-order valence-corrected chi connectivity index (χ4v) is 0.933. The van der Waals surface area contributed by atoms with Crippen LogP contribution in [-0.4, -0.2) is 4.37 Å². The first-order valence-corrected chi connectivity index (χ1v) is 3.08. The predicted octanol–water partition coefficient (Wildman–Crippen LogP) is 1.50. The number of aryl methyl sites for hydroxylation is 1. The molecule has 1 radical (unpaired) electrons. The standard InChI is InChI=1S/C5H6NS.Re/c1-2-5-3-6-7-4-5;/h4H,2H2,1H3;/q-1;. The van der Waals surface area contributed by atoms with Gasteiger partial charge in [0.2, 0.25) is 0 Å². The molecule has 0 unspecified atom stereocenters. The maximum atomic E-state index is 3.81. The Bertz CT molecular complexity index is 127. The molecule has 1 heterocycles. The fourth-order valence-electron chi connectivity index (χ4n) is 0.364. The maximum Gasteiger partial charge on any atom is 0 e. The largest absolute Gasteiger partial charge is 0.325 e. The van der Waals surface area contributed by atoms with Crippen LogP contribution in [0.25, 0.3) is 0 Å². The van der Waals surface area contributed by atoms with E-state index in [9.17, 15) is 0 Å². The fraction of sp³-hybridized carbons (Fsp3) is 0.400. The molecule has 1 nitrogen and oxygen atoms in total. The van der Waals surface area contributed by atoms with Crippen molar-refractivity contribution in [3.8, 4) is 0 Å². The molecule has 3 heteroatoms. The Balaban J connectivity index is 0.000000490. The van der Waals surface area contributed by atoms with Gasteiger partial charge >= 0.3 is 0 Å². The summed E-state index contributed by atoms with van der Waals surface area (Å²) in [4.78, 5) is 0. The van der Waals surface area contributed by atoms with E-state index in [0.717, 1.165) is 6.42 Å². The summed E-state index contributed by atoms with van der Waals surface area (Å²) in [5.41, 5.74) is 1.21. The first-order valence-electron chi connectivity index (χ1n) is 2.24. The monoisotopic (exact) mass is 299 g/mol. The second-order valence-corrected chi connectivity index (χ2v) is 1.93. The normalized spacial score (nSPS) is 8.12. The Kier molecular flexibility index (Phi) is 4.35.